The molecule has 90 valence electrons. The molecular weight excluding hydrogens is 190 g/mol. The third-order valence-electron chi connectivity index (χ3n) is 2.86. The lowest BCUT2D eigenvalue weighted by Crippen LogP contribution is -2.38. The quantitative estimate of drug-likeness (QED) is 0.628. The summed E-state index contributed by atoms with van der Waals surface area (Å²) in [6.45, 7) is 8.88. The molecule has 0 aromatic heterocycles. The molecule has 0 saturated carbocycles. The van der Waals surface area contributed by atoms with E-state index in [-0.39, 0.29) is 5.60 Å². The molecule has 1 saturated heterocycles. The molecule has 0 amide bonds. The van der Waals surface area contributed by atoms with E-state index in [0.29, 0.717) is 0 Å². The van der Waals surface area contributed by atoms with Crippen molar-refractivity contribution < 1.29 is 9.47 Å². The second kappa shape index (κ2) is 7.20. The molecule has 0 aliphatic carbocycles. The maximum Gasteiger partial charge on any atom is 0.0779 e. The van der Waals surface area contributed by atoms with Gasteiger partial charge in [-0.1, -0.05) is 13.3 Å². The minimum atomic E-state index is 0.0728. The zero-order valence-electron chi connectivity index (χ0n) is 10.2. The normalized spacial score (nSPS) is 26.0. The van der Waals surface area contributed by atoms with Gasteiger partial charge in [-0.3, -0.25) is 0 Å². The minimum Gasteiger partial charge on any atom is -0.380 e. The van der Waals surface area contributed by atoms with Crippen molar-refractivity contribution in [1.29, 1.82) is 0 Å². The maximum absolute atomic E-state index is 5.68. The van der Waals surface area contributed by atoms with Crippen LogP contribution in [0.3, 0.4) is 0 Å². The van der Waals surface area contributed by atoms with E-state index in [1.807, 2.05) is 0 Å². The van der Waals surface area contributed by atoms with Crippen molar-refractivity contribution >= 4 is 0 Å². The molecule has 3 nitrogen and oxygen atoms in total. The van der Waals surface area contributed by atoms with Gasteiger partial charge in [0.15, 0.2) is 0 Å². The van der Waals surface area contributed by atoms with Crippen LogP contribution in [0, 0.1) is 0 Å². The molecule has 0 radical (unpaired) electrons. The van der Waals surface area contributed by atoms with Crippen molar-refractivity contribution in [2.24, 2.45) is 0 Å². The minimum absolute atomic E-state index is 0.0728. The highest BCUT2D eigenvalue weighted by Crippen LogP contribution is 2.23. The number of ether oxygens (including phenoxy) is 2. The molecule has 1 unspecified atom stereocenters. The van der Waals surface area contributed by atoms with E-state index in [4.69, 9.17) is 9.47 Å². The van der Waals surface area contributed by atoms with Crippen molar-refractivity contribution in [3.63, 3.8) is 0 Å². The van der Waals surface area contributed by atoms with Crippen LogP contribution in [0.15, 0.2) is 0 Å². The average molecular weight is 215 g/mol. The van der Waals surface area contributed by atoms with E-state index in [1.54, 1.807) is 0 Å². The van der Waals surface area contributed by atoms with Crippen molar-refractivity contribution in [2.45, 2.75) is 45.1 Å². The first-order valence-electron chi connectivity index (χ1n) is 6.19. The van der Waals surface area contributed by atoms with Crippen LogP contribution < -0.4 is 5.32 Å². The van der Waals surface area contributed by atoms with Gasteiger partial charge >= 0.3 is 0 Å². The fraction of sp³-hybridized carbons (Fsp3) is 1.00. The summed E-state index contributed by atoms with van der Waals surface area (Å²) in [6, 6.07) is 0. The average Bonchev–Trinajstić information content (AvgIpc) is 2.64. The Bertz CT molecular complexity index is 156. The Balaban J connectivity index is 1.88. The van der Waals surface area contributed by atoms with E-state index in [2.05, 4.69) is 19.2 Å². The Morgan fingerprint density at radius 2 is 2.27 bits per heavy atom. The lowest BCUT2D eigenvalue weighted by Gasteiger charge is -2.23. The van der Waals surface area contributed by atoms with E-state index in [0.717, 1.165) is 32.9 Å². The number of unbranched alkanes of at least 4 members (excludes halogenated alkanes) is 1. The summed E-state index contributed by atoms with van der Waals surface area (Å²) in [5.41, 5.74) is 0.0728. The Labute approximate surface area is 93.5 Å². The molecule has 15 heavy (non-hydrogen) atoms. The number of hydrogen-bond acceptors (Lipinski definition) is 3. The predicted octanol–water partition coefficient (Wildman–Crippen LogP) is 1.96. The fourth-order valence-corrected chi connectivity index (χ4v) is 1.82. The van der Waals surface area contributed by atoms with Gasteiger partial charge in [-0.25, -0.2) is 0 Å². The van der Waals surface area contributed by atoms with Gasteiger partial charge in [-0.05, 0) is 26.2 Å². The van der Waals surface area contributed by atoms with Crippen molar-refractivity contribution in [3.05, 3.63) is 0 Å². The van der Waals surface area contributed by atoms with E-state index < -0.39 is 0 Å². The smallest absolute Gasteiger partial charge is 0.0779 e. The molecule has 1 rings (SSSR count). The van der Waals surface area contributed by atoms with Gasteiger partial charge in [0.05, 0.1) is 12.2 Å². The zero-order valence-corrected chi connectivity index (χ0v) is 10.2. The molecule has 1 aliphatic heterocycles. The third kappa shape index (κ3) is 5.50. The monoisotopic (exact) mass is 215 g/mol. The Morgan fingerprint density at radius 1 is 1.40 bits per heavy atom. The highest BCUT2D eigenvalue weighted by molar-refractivity contribution is 4.82. The molecular formula is C12H25NO2. The Morgan fingerprint density at radius 3 is 2.93 bits per heavy atom. The summed E-state index contributed by atoms with van der Waals surface area (Å²) < 4.78 is 11.2. The van der Waals surface area contributed by atoms with Crippen molar-refractivity contribution in [3.8, 4) is 0 Å². The van der Waals surface area contributed by atoms with E-state index >= 15 is 0 Å². The first kappa shape index (κ1) is 12.9. The second-order valence-electron chi connectivity index (χ2n) is 4.54. The molecule has 0 bridgehead atoms. The topological polar surface area (TPSA) is 30.5 Å². The van der Waals surface area contributed by atoms with Crippen LogP contribution in [0.5, 0.6) is 0 Å². The predicted molar refractivity (Wildman–Crippen MR) is 62.2 cm³/mol. The molecule has 1 heterocycles. The first-order valence-corrected chi connectivity index (χ1v) is 6.19. The molecule has 1 aliphatic rings. The summed E-state index contributed by atoms with van der Waals surface area (Å²) in [5, 5.41) is 3.39. The fourth-order valence-electron chi connectivity index (χ4n) is 1.82. The number of hydrogen-bond donors (Lipinski definition) is 1. The molecule has 1 atom stereocenters. The van der Waals surface area contributed by atoms with Crippen molar-refractivity contribution in [1.82, 2.24) is 5.32 Å². The van der Waals surface area contributed by atoms with Crippen molar-refractivity contribution in [2.75, 3.05) is 32.9 Å². The van der Waals surface area contributed by atoms with E-state index in [1.165, 1.54) is 25.7 Å². The first-order chi connectivity index (χ1) is 7.27. The molecule has 1 N–H and O–H groups in total. The van der Waals surface area contributed by atoms with Crippen LogP contribution in [-0.4, -0.2) is 38.5 Å². The summed E-state index contributed by atoms with van der Waals surface area (Å²) in [7, 11) is 0. The Hall–Kier alpha value is -0.120. The summed E-state index contributed by atoms with van der Waals surface area (Å²) in [6.07, 6.45) is 4.75. The highest BCUT2D eigenvalue weighted by atomic mass is 16.5. The third-order valence-corrected chi connectivity index (χ3v) is 2.86. The van der Waals surface area contributed by atoms with E-state index in [9.17, 15) is 0 Å². The molecule has 0 aromatic carbocycles. The van der Waals surface area contributed by atoms with Gasteiger partial charge < -0.3 is 14.8 Å². The van der Waals surface area contributed by atoms with Gasteiger partial charge in [-0.2, -0.15) is 0 Å². The lowest BCUT2D eigenvalue weighted by molar-refractivity contribution is 0.0192. The highest BCUT2D eigenvalue weighted by Gasteiger charge is 2.28. The summed E-state index contributed by atoms with van der Waals surface area (Å²) >= 11 is 0. The SMILES string of the molecule is CCCCOCCNCC1(C)CCCO1. The van der Waals surface area contributed by atoms with Crippen LogP contribution in [0.4, 0.5) is 0 Å². The van der Waals surface area contributed by atoms with Gasteiger partial charge in [0.25, 0.3) is 0 Å². The van der Waals surface area contributed by atoms with Crippen LogP contribution in [0.25, 0.3) is 0 Å². The van der Waals surface area contributed by atoms with Gasteiger partial charge in [-0.15, -0.1) is 0 Å². The van der Waals surface area contributed by atoms with Gasteiger partial charge in [0.2, 0.25) is 0 Å². The maximum atomic E-state index is 5.68. The zero-order chi connectivity index (χ0) is 11.0. The van der Waals surface area contributed by atoms with Gasteiger partial charge in [0.1, 0.15) is 0 Å². The Kier molecular flexibility index (Phi) is 6.22. The lowest BCUT2D eigenvalue weighted by atomic mass is 10.0. The van der Waals surface area contributed by atoms with Crippen LogP contribution in [-0.2, 0) is 9.47 Å². The standard InChI is InChI=1S/C12H25NO2/c1-3-4-8-14-10-7-13-11-12(2)6-5-9-15-12/h13H,3-11H2,1-2H3. The summed E-state index contributed by atoms with van der Waals surface area (Å²) in [4.78, 5) is 0. The van der Waals surface area contributed by atoms with Gasteiger partial charge in [0, 0.05) is 26.3 Å². The molecule has 1 fully saturated rings. The second-order valence-corrected chi connectivity index (χ2v) is 4.54. The van der Waals surface area contributed by atoms with Crippen LogP contribution in [0.2, 0.25) is 0 Å². The summed E-state index contributed by atoms with van der Waals surface area (Å²) in [5.74, 6) is 0. The largest absolute Gasteiger partial charge is 0.380 e. The molecule has 0 spiro atoms. The number of nitrogens with one attached hydrogen (secondary N) is 1. The molecule has 0 aromatic rings. The number of rotatable bonds is 8. The molecule has 3 heteroatoms. The van der Waals surface area contributed by atoms with Crippen LogP contribution in [0.1, 0.15) is 39.5 Å². The van der Waals surface area contributed by atoms with Crippen LogP contribution >= 0.6 is 0 Å².